The third-order valence-electron chi connectivity index (χ3n) is 3.49. The highest BCUT2D eigenvalue weighted by Gasteiger charge is 2.16. The first-order chi connectivity index (χ1) is 11.0. The zero-order chi connectivity index (χ0) is 16.6. The van der Waals surface area contributed by atoms with Crippen LogP contribution in [-0.2, 0) is 11.3 Å². The molecule has 1 aromatic carbocycles. The summed E-state index contributed by atoms with van der Waals surface area (Å²) < 4.78 is 2.65. The number of amides is 1. The Kier molecular flexibility index (Phi) is 3.87. The average Bonchev–Trinajstić information content (AvgIpc) is 2.98. The molecule has 0 fully saturated rings. The van der Waals surface area contributed by atoms with Crippen LogP contribution in [0.3, 0.4) is 0 Å². The van der Waals surface area contributed by atoms with Gasteiger partial charge in [-0.1, -0.05) is 17.7 Å². The lowest BCUT2D eigenvalue weighted by Crippen LogP contribution is -2.33. The fourth-order valence-corrected chi connectivity index (χ4v) is 2.53. The fourth-order valence-electron chi connectivity index (χ4n) is 2.35. The van der Waals surface area contributed by atoms with Crippen LogP contribution in [0.15, 0.2) is 35.3 Å². The zero-order valence-electron chi connectivity index (χ0n) is 12.6. The second-order valence-electron chi connectivity index (χ2n) is 5.02. The Bertz CT molecular complexity index is 960. The van der Waals surface area contributed by atoms with Crippen molar-refractivity contribution in [1.29, 1.82) is 0 Å². The average molecular weight is 332 g/mol. The monoisotopic (exact) mass is 331 g/mol. The number of hydrogen-bond acceptors (Lipinski definition) is 4. The Hall–Kier alpha value is -2.67. The van der Waals surface area contributed by atoms with Gasteiger partial charge in [0, 0.05) is 17.5 Å². The quantitative estimate of drug-likeness (QED) is 0.784. The lowest BCUT2D eigenvalue weighted by Gasteiger charge is -2.08. The normalized spacial score (nSPS) is 10.9. The lowest BCUT2D eigenvalue weighted by molar-refractivity contribution is -0.121. The van der Waals surface area contributed by atoms with Crippen LogP contribution in [0.1, 0.15) is 5.69 Å². The highest BCUT2D eigenvalue weighted by atomic mass is 35.5. The Morgan fingerprint density at radius 1 is 1.39 bits per heavy atom. The molecule has 1 N–H and O–H groups in total. The second-order valence-corrected chi connectivity index (χ2v) is 5.46. The molecule has 3 rings (SSSR count). The molecule has 1 amide bonds. The van der Waals surface area contributed by atoms with Crippen molar-refractivity contribution >= 4 is 28.4 Å². The molecule has 0 saturated heterocycles. The standard InChI is InChI=1S/C15H14ClN5O2/c1-9-12-7-18-21(11-5-3-4-10(16)6-11)14(12)15(23)20(19-9)8-13(22)17-2/h3-7H,8H2,1-2H3,(H,17,22). The molecule has 0 aliphatic rings. The number of aromatic nitrogens is 4. The number of likely N-dealkylation sites (N-methyl/N-ethyl adjacent to an activating group) is 1. The highest BCUT2D eigenvalue weighted by Crippen LogP contribution is 2.19. The van der Waals surface area contributed by atoms with Crippen LogP contribution in [0.5, 0.6) is 0 Å². The fraction of sp³-hybridized carbons (Fsp3) is 0.200. The van der Waals surface area contributed by atoms with Crippen LogP contribution in [0, 0.1) is 6.92 Å². The van der Waals surface area contributed by atoms with Crippen molar-refractivity contribution in [2.75, 3.05) is 7.05 Å². The number of hydrogen-bond donors (Lipinski definition) is 1. The summed E-state index contributed by atoms with van der Waals surface area (Å²) in [6.45, 7) is 1.62. The van der Waals surface area contributed by atoms with Gasteiger partial charge in [-0.05, 0) is 25.1 Å². The van der Waals surface area contributed by atoms with Gasteiger partial charge in [-0.15, -0.1) is 0 Å². The van der Waals surface area contributed by atoms with E-state index in [9.17, 15) is 9.59 Å². The topological polar surface area (TPSA) is 81.8 Å². The highest BCUT2D eigenvalue weighted by molar-refractivity contribution is 6.30. The molecule has 2 heterocycles. The molecule has 2 aromatic heterocycles. The van der Waals surface area contributed by atoms with E-state index in [2.05, 4.69) is 15.5 Å². The van der Waals surface area contributed by atoms with E-state index in [4.69, 9.17) is 11.6 Å². The summed E-state index contributed by atoms with van der Waals surface area (Å²) in [5, 5.41) is 12.1. The SMILES string of the molecule is CNC(=O)Cn1nc(C)c2cnn(-c3cccc(Cl)c3)c2c1=O. The summed E-state index contributed by atoms with van der Waals surface area (Å²) in [6.07, 6.45) is 1.59. The number of rotatable bonds is 3. The molecule has 8 heteroatoms. The predicted octanol–water partition coefficient (Wildman–Crippen LogP) is 1.29. The number of benzene rings is 1. The molecule has 0 aliphatic carbocycles. The lowest BCUT2D eigenvalue weighted by atomic mass is 10.2. The van der Waals surface area contributed by atoms with Gasteiger partial charge in [0.1, 0.15) is 12.1 Å². The Morgan fingerprint density at radius 3 is 2.87 bits per heavy atom. The van der Waals surface area contributed by atoms with E-state index in [-0.39, 0.29) is 18.0 Å². The molecule has 0 bridgehead atoms. The first-order valence-corrected chi connectivity index (χ1v) is 7.31. The minimum absolute atomic E-state index is 0.146. The van der Waals surface area contributed by atoms with E-state index >= 15 is 0 Å². The summed E-state index contributed by atoms with van der Waals surface area (Å²) in [5.41, 5.74) is 1.27. The van der Waals surface area contributed by atoms with Gasteiger partial charge >= 0.3 is 0 Å². The Labute approximate surface area is 136 Å². The molecule has 23 heavy (non-hydrogen) atoms. The van der Waals surface area contributed by atoms with E-state index in [0.29, 0.717) is 27.3 Å². The number of nitrogens with one attached hydrogen (secondary N) is 1. The summed E-state index contributed by atoms with van der Waals surface area (Å²) in [6, 6.07) is 7.04. The van der Waals surface area contributed by atoms with Gasteiger partial charge in [0.05, 0.1) is 17.6 Å². The van der Waals surface area contributed by atoms with Gasteiger partial charge in [-0.3, -0.25) is 9.59 Å². The van der Waals surface area contributed by atoms with Gasteiger partial charge in [0.2, 0.25) is 5.91 Å². The second kappa shape index (κ2) is 5.85. The molecule has 0 radical (unpaired) electrons. The number of carbonyl (C=O) groups is 1. The minimum Gasteiger partial charge on any atom is -0.358 e. The minimum atomic E-state index is -0.383. The molecule has 3 aromatic rings. The number of fused-ring (bicyclic) bond motifs is 1. The van der Waals surface area contributed by atoms with Crippen molar-refractivity contribution in [2.24, 2.45) is 0 Å². The van der Waals surface area contributed by atoms with Gasteiger partial charge in [0.15, 0.2) is 0 Å². The van der Waals surface area contributed by atoms with Crippen molar-refractivity contribution in [1.82, 2.24) is 24.9 Å². The van der Waals surface area contributed by atoms with Gasteiger partial charge < -0.3 is 5.32 Å². The van der Waals surface area contributed by atoms with Crippen molar-refractivity contribution < 1.29 is 4.79 Å². The molecule has 0 spiro atoms. The molecule has 0 unspecified atom stereocenters. The summed E-state index contributed by atoms with van der Waals surface area (Å²) in [4.78, 5) is 24.3. The maximum Gasteiger partial charge on any atom is 0.293 e. The largest absolute Gasteiger partial charge is 0.358 e. The zero-order valence-corrected chi connectivity index (χ0v) is 13.3. The summed E-state index contributed by atoms with van der Waals surface area (Å²) in [5.74, 6) is -0.299. The van der Waals surface area contributed by atoms with Crippen LogP contribution < -0.4 is 10.9 Å². The van der Waals surface area contributed by atoms with Crippen LogP contribution in [0.4, 0.5) is 0 Å². The maximum absolute atomic E-state index is 12.7. The van der Waals surface area contributed by atoms with E-state index in [0.717, 1.165) is 4.68 Å². The smallest absolute Gasteiger partial charge is 0.293 e. The number of halogens is 1. The summed E-state index contributed by atoms with van der Waals surface area (Å²) in [7, 11) is 1.51. The van der Waals surface area contributed by atoms with Crippen molar-refractivity contribution in [3.8, 4) is 5.69 Å². The number of carbonyl (C=O) groups excluding carboxylic acids is 1. The number of nitrogens with zero attached hydrogens (tertiary/aromatic N) is 4. The van der Waals surface area contributed by atoms with Crippen LogP contribution >= 0.6 is 11.6 Å². The van der Waals surface area contributed by atoms with Crippen molar-refractivity contribution in [2.45, 2.75) is 13.5 Å². The molecular formula is C15H14ClN5O2. The van der Waals surface area contributed by atoms with Crippen molar-refractivity contribution in [3.63, 3.8) is 0 Å². The molecule has 0 aliphatic heterocycles. The predicted molar refractivity (Wildman–Crippen MR) is 86.9 cm³/mol. The Morgan fingerprint density at radius 2 is 2.17 bits per heavy atom. The maximum atomic E-state index is 12.7. The van der Waals surface area contributed by atoms with Gasteiger partial charge in [-0.25, -0.2) is 9.36 Å². The van der Waals surface area contributed by atoms with Crippen LogP contribution in [0.2, 0.25) is 5.02 Å². The van der Waals surface area contributed by atoms with Crippen molar-refractivity contribution in [3.05, 3.63) is 51.5 Å². The molecule has 118 valence electrons. The van der Waals surface area contributed by atoms with E-state index in [1.54, 1.807) is 37.4 Å². The third kappa shape index (κ3) is 2.70. The summed E-state index contributed by atoms with van der Waals surface area (Å²) >= 11 is 6.01. The molecule has 0 saturated carbocycles. The van der Waals surface area contributed by atoms with Crippen LogP contribution in [-0.4, -0.2) is 32.5 Å². The Balaban J connectivity index is 2.26. The van der Waals surface area contributed by atoms with E-state index < -0.39 is 0 Å². The van der Waals surface area contributed by atoms with E-state index in [1.165, 1.54) is 11.7 Å². The first-order valence-electron chi connectivity index (χ1n) is 6.93. The molecular weight excluding hydrogens is 318 g/mol. The molecule has 7 nitrogen and oxygen atoms in total. The van der Waals surface area contributed by atoms with Crippen LogP contribution in [0.25, 0.3) is 16.6 Å². The first kappa shape index (κ1) is 15.2. The number of aryl methyl sites for hydroxylation is 1. The van der Waals surface area contributed by atoms with E-state index in [1.807, 2.05) is 0 Å². The molecule has 0 atom stereocenters. The van der Waals surface area contributed by atoms with Gasteiger partial charge in [0.25, 0.3) is 5.56 Å². The van der Waals surface area contributed by atoms with Gasteiger partial charge in [-0.2, -0.15) is 10.2 Å². The third-order valence-corrected chi connectivity index (χ3v) is 3.73.